The molecule has 0 atom stereocenters. The van der Waals surface area contributed by atoms with Crippen molar-refractivity contribution in [3.63, 3.8) is 0 Å². The molecule has 2 aromatic rings. The molecule has 0 fully saturated rings. The summed E-state index contributed by atoms with van der Waals surface area (Å²) in [5, 5.41) is 3.77. The first-order valence-electron chi connectivity index (χ1n) is 6.26. The van der Waals surface area contributed by atoms with Crippen LogP contribution in [0.3, 0.4) is 0 Å². The van der Waals surface area contributed by atoms with Crippen LogP contribution in [-0.4, -0.2) is 6.61 Å². The molecule has 0 aliphatic heterocycles. The zero-order chi connectivity index (χ0) is 14.7. The standard InChI is InChI=1S/C15H16ClFN2O/c1-3-20-15-8-14(12(18)7-11(15)17)19-13-6-10(16)5-4-9(13)2/h4-8,19H,3,18H2,1-2H3. The Bertz CT molecular complexity index is 632. The molecule has 0 saturated heterocycles. The highest BCUT2D eigenvalue weighted by molar-refractivity contribution is 6.30. The molecule has 0 aliphatic carbocycles. The molecule has 2 rings (SSSR count). The fourth-order valence-corrected chi connectivity index (χ4v) is 1.99. The predicted molar refractivity (Wildman–Crippen MR) is 81.5 cm³/mol. The lowest BCUT2D eigenvalue weighted by Crippen LogP contribution is -2.01. The number of hydrogen-bond acceptors (Lipinski definition) is 3. The fourth-order valence-electron chi connectivity index (χ4n) is 1.82. The number of benzene rings is 2. The molecule has 2 aromatic carbocycles. The number of anilines is 3. The van der Waals surface area contributed by atoms with Crippen LogP contribution >= 0.6 is 11.6 Å². The third kappa shape index (κ3) is 3.14. The maximum Gasteiger partial charge on any atom is 0.167 e. The van der Waals surface area contributed by atoms with E-state index in [2.05, 4.69) is 5.32 Å². The molecule has 0 aromatic heterocycles. The summed E-state index contributed by atoms with van der Waals surface area (Å²) < 4.78 is 18.9. The molecule has 0 saturated carbocycles. The van der Waals surface area contributed by atoms with E-state index in [0.29, 0.717) is 23.0 Å². The van der Waals surface area contributed by atoms with Crippen LogP contribution in [0.1, 0.15) is 12.5 Å². The molecule has 0 radical (unpaired) electrons. The number of nitrogen functional groups attached to an aromatic ring is 1. The van der Waals surface area contributed by atoms with E-state index in [-0.39, 0.29) is 5.75 Å². The summed E-state index contributed by atoms with van der Waals surface area (Å²) in [6.07, 6.45) is 0. The van der Waals surface area contributed by atoms with Gasteiger partial charge in [-0.15, -0.1) is 0 Å². The highest BCUT2D eigenvalue weighted by atomic mass is 35.5. The smallest absolute Gasteiger partial charge is 0.167 e. The van der Waals surface area contributed by atoms with E-state index in [1.54, 1.807) is 19.1 Å². The SMILES string of the molecule is CCOc1cc(Nc2cc(Cl)ccc2C)c(N)cc1F. The number of halogens is 2. The second-order valence-corrected chi connectivity index (χ2v) is 4.82. The summed E-state index contributed by atoms with van der Waals surface area (Å²) >= 11 is 5.97. The Hall–Kier alpha value is -1.94. The first kappa shape index (κ1) is 14.5. The van der Waals surface area contributed by atoms with Gasteiger partial charge in [0, 0.05) is 22.8 Å². The molecule has 0 bridgehead atoms. The van der Waals surface area contributed by atoms with E-state index in [9.17, 15) is 4.39 Å². The number of ether oxygens (including phenoxy) is 1. The largest absolute Gasteiger partial charge is 0.491 e. The van der Waals surface area contributed by atoms with E-state index in [1.165, 1.54) is 6.07 Å². The van der Waals surface area contributed by atoms with Crippen molar-refractivity contribution >= 4 is 28.7 Å². The van der Waals surface area contributed by atoms with E-state index >= 15 is 0 Å². The minimum absolute atomic E-state index is 0.170. The summed E-state index contributed by atoms with van der Waals surface area (Å²) in [4.78, 5) is 0. The Kier molecular flexibility index (Phi) is 4.35. The van der Waals surface area contributed by atoms with Crippen LogP contribution in [-0.2, 0) is 0 Å². The summed E-state index contributed by atoms with van der Waals surface area (Å²) in [5.41, 5.74) is 8.55. The van der Waals surface area contributed by atoms with Gasteiger partial charge in [-0.2, -0.15) is 0 Å². The van der Waals surface area contributed by atoms with Crippen molar-refractivity contribution in [1.29, 1.82) is 0 Å². The lowest BCUT2D eigenvalue weighted by Gasteiger charge is -2.14. The number of hydrogen-bond donors (Lipinski definition) is 2. The fraction of sp³-hybridized carbons (Fsp3) is 0.200. The maximum absolute atomic E-state index is 13.6. The Morgan fingerprint density at radius 3 is 2.70 bits per heavy atom. The van der Waals surface area contributed by atoms with Crippen LogP contribution in [0.2, 0.25) is 5.02 Å². The van der Waals surface area contributed by atoms with Gasteiger partial charge in [0.1, 0.15) is 0 Å². The van der Waals surface area contributed by atoms with Crippen molar-refractivity contribution in [1.82, 2.24) is 0 Å². The zero-order valence-electron chi connectivity index (χ0n) is 11.3. The topological polar surface area (TPSA) is 47.3 Å². The second kappa shape index (κ2) is 6.01. The van der Waals surface area contributed by atoms with Gasteiger partial charge in [-0.3, -0.25) is 0 Å². The Labute approximate surface area is 122 Å². The summed E-state index contributed by atoms with van der Waals surface area (Å²) in [6, 6.07) is 8.29. The third-order valence-corrected chi connectivity index (χ3v) is 3.11. The van der Waals surface area contributed by atoms with Gasteiger partial charge >= 0.3 is 0 Å². The van der Waals surface area contributed by atoms with Gasteiger partial charge < -0.3 is 15.8 Å². The molecule has 0 amide bonds. The number of nitrogens with one attached hydrogen (secondary N) is 1. The van der Waals surface area contributed by atoms with Crippen LogP contribution in [0, 0.1) is 12.7 Å². The van der Waals surface area contributed by atoms with Crippen LogP contribution in [0.4, 0.5) is 21.5 Å². The van der Waals surface area contributed by atoms with Crippen molar-refractivity contribution in [3.8, 4) is 5.75 Å². The lowest BCUT2D eigenvalue weighted by atomic mass is 10.1. The van der Waals surface area contributed by atoms with Crippen LogP contribution in [0.25, 0.3) is 0 Å². The first-order valence-corrected chi connectivity index (χ1v) is 6.64. The van der Waals surface area contributed by atoms with Gasteiger partial charge in [-0.05, 0) is 31.5 Å². The molecule has 20 heavy (non-hydrogen) atoms. The van der Waals surface area contributed by atoms with Crippen molar-refractivity contribution in [2.75, 3.05) is 17.7 Å². The van der Waals surface area contributed by atoms with E-state index in [0.717, 1.165) is 11.3 Å². The van der Waals surface area contributed by atoms with Crippen molar-refractivity contribution in [2.45, 2.75) is 13.8 Å². The number of rotatable bonds is 4. The minimum atomic E-state index is -0.474. The zero-order valence-corrected chi connectivity index (χ0v) is 12.1. The molecule has 0 aliphatic rings. The maximum atomic E-state index is 13.6. The highest BCUT2D eigenvalue weighted by Crippen LogP contribution is 2.32. The first-order chi connectivity index (χ1) is 9.51. The van der Waals surface area contributed by atoms with Gasteiger partial charge in [-0.1, -0.05) is 17.7 Å². The summed E-state index contributed by atoms with van der Waals surface area (Å²) in [5.74, 6) is -0.304. The quantitative estimate of drug-likeness (QED) is 0.816. The third-order valence-electron chi connectivity index (χ3n) is 2.87. The monoisotopic (exact) mass is 294 g/mol. The van der Waals surface area contributed by atoms with Crippen LogP contribution in [0.5, 0.6) is 5.75 Å². The molecule has 0 spiro atoms. The molecule has 106 valence electrons. The van der Waals surface area contributed by atoms with E-state index in [1.807, 2.05) is 19.1 Å². The van der Waals surface area contributed by atoms with E-state index < -0.39 is 5.82 Å². The van der Waals surface area contributed by atoms with Gasteiger partial charge in [0.05, 0.1) is 18.0 Å². The molecular weight excluding hydrogens is 279 g/mol. The molecule has 0 unspecified atom stereocenters. The molecule has 5 heteroatoms. The average molecular weight is 295 g/mol. The van der Waals surface area contributed by atoms with Crippen molar-refractivity contribution < 1.29 is 9.13 Å². The Morgan fingerprint density at radius 1 is 1.25 bits per heavy atom. The molecule has 3 N–H and O–H groups in total. The van der Waals surface area contributed by atoms with Gasteiger partial charge in [0.15, 0.2) is 11.6 Å². The van der Waals surface area contributed by atoms with Crippen LogP contribution < -0.4 is 15.8 Å². The van der Waals surface area contributed by atoms with Gasteiger partial charge in [0.2, 0.25) is 0 Å². The highest BCUT2D eigenvalue weighted by Gasteiger charge is 2.10. The van der Waals surface area contributed by atoms with Gasteiger partial charge in [0.25, 0.3) is 0 Å². The second-order valence-electron chi connectivity index (χ2n) is 4.39. The Morgan fingerprint density at radius 2 is 2.00 bits per heavy atom. The van der Waals surface area contributed by atoms with Crippen molar-refractivity contribution in [3.05, 3.63) is 46.7 Å². The summed E-state index contributed by atoms with van der Waals surface area (Å²) in [6.45, 7) is 4.13. The minimum Gasteiger partial charge on any atom is -0.491 e. The molecular formula is C15H16ClFN2O. The lowest BCUT2D eigenvalue weighted by molar-refractivity contribution is 0.322. The summed E-state index contributed by atoms with van der Waals surface area (Å²) in [7, 11) is 0. The van der Waals surface area contributed by atoms with Gasteiger partial charge in [-0.25, -0.2) is 4.39 Å². The van der Waals surface area contributed by atoms with E-state index in [4.69, 9.17) is 22.1 Å². The molecule has 3 nitrogen and oxygen atoms in total. The average Bonchev–Trinajstić information content (AvgIpc) is 2.39. The predicted octanol–water partition coefficient (Wildman–Crippen LogP) is 4.51. The normalized spacial score (nSPS) is 10.4. The van der Waals surface area contributed by atoms with Crippen LogP contribution in [0.15, 0.2) is 30.3 Å². The Balaban J connectivity index is 2.37. The number of aryl methyl sites for hydroxylation is 1. The molecule has 0 heterocycles. The number of nitrogens with two attached hydrogens (primary N) is 1. The van der Waals surface area contributed by atoms with Crippen molar-refractivity contribution in [2.24, 2.45) is 0 Å².